The third-order valence-electron chi connectivity index (χ3n) is 6.34. The van der Waals surface area contributed by atoms with Crippen LogP contribution in [0.3, 0.4) is 0 Å². The molecule has 3 unspecified atom stereocenters. The van der Waals surface area contributed by atoms with Crippen LogP contribution in [0.1, 0.15) is 32.6 Å². The highest BCUT2D eigenvalue weighted by Gasteiger charge is 2.75. The number of hydrogen-bond donors (Lipinski definition) is 2. The normalized spacial score (nSPS) is 35.1. The molecule has 3 heterocycles. The summed E-state index contributed by atoms with van der Waals surface area (Å²) in [4.78, 5) is 42.1. The maximum atomic E-state index is 13.7. The van der Waals surface area contributed by atoms with Gasteiger partial charge in [0.2, 0.25) is 11.8 Å². The molecule has 6 atom stereocenters. The third kappa shape index (κ3) is 3.63. The molecule has 0 aromatic heterocycles. The summed E-state index contributed by atoms with van der Waals surface area (Å²) >= 11 is 5.09. The van der Waals surface area contributed by atoms with Gasteiger partial charge in [0.15, 0.2) is 0 Å². The summed E-state index contributed by atoms with van der Waals surface area (Å²) in [6.45, 7) is 6.59. The summed E-state index contributed by atoms with van der Waals surface area (Å²) in [7, 11) is 0. The molecular weight excluding hydrogens is 460 g/mol. The molecule has 2 bridgehead atoms. The molecule has 2 N–H and O–H groups in total. The van der Waals surface area contributed by atoms with E-state index in [2.05, 4.69) is 29.4 Å². The molecule has 162 valence electrons. The average Bonchev–Trinajstić information content (AvgIpc) is 3.25. The van der Waals surface area contributed by atoms with Gasteiger partial charge in [-0.2, -0.15) is 0 Å². The molecule has 9 heteroatoms. The minimum Gasteiger partial charge on any atom is -0.481 e. The Morgan fingerprint density at radius 1 is 1.45 bits per heavy atom. The van der Waals surface area contributed by atoms with E-state index in [0.717, 1.165) is 19.3 Å². The zero-order valence-corrected chi connectivity index (χ0v) is 19.0. The van der Waals surface area contributed by atoms with Gasteiger partial charge in [0.25, 0.3) is 0 Å². The molecule has 3 fully saturated rings. The van der Waals surface area contributed by atoms with Crippen molar-refractivity contribution >= 4 is 45.5 Å². The number of amides is 2. The molecule has 0 aromatic rings. The Kier molecular flexibility index (Phi) is 7.00. The van der Waals surface area contributed by atoms with Crippen LogP contribution < -0.4 is 0 Å². The number of carbonyl (C=O) groups excluding carboxylic acids is 2. The molecule has 0 radical (unpaired) electrons. The number of likely N-dealkylation sites (tertiary alicyclic amines) is 1. The van der Waals surface area contributed by atoms with Crippen LogP contribution in [0, 0.1) is 11.8 Å². The Hall–Kier alpha value is -1.06. The third-order valence-corrected chi connectivity index (χ3v) is 9.56. The van der Waals surface area contributed by atoms with Gasteiger partial charge in [-0.15, -0.1) is 18.3 Å². The van der Waals surface area contributed by atoms with Crippen molar-refractivity contribution in [3.8, 4) is 0 Å². The van der Waals surface area contributed by atoms with E-state index in [1.54, 1.807) is 11.0 Å². The van der Waals surface area contributed by atoms with Gasteiger partial charge in [0, 0.05) is 29.7 Å². The monoisotopic (exact) mass is 488 g/mol. The SMILES string of the molecule is C=CCN(CCCCC)C(=O)C1N(CCO)C(=O)[C@@H]2[C@@H](C(=O)O)[C@@H]3SC12CC3Br. The van der Waals surface area contributed by atoms with E-state index in [9.17, 15) is 24.6 Å². The molecule has 0 saturated carbocycles. The van der Waals surface area contributed by atoms with Gasteiger partial charge in [-0.25, -0.2) is 0 Å². The predicted molar refractivity (Wildman–Crippen MR) is 115 cm³/mol. The van der Waals surface area contributed by atoms with Crippen molar-refractivity contribution in [3.05, 3.63) is 12.7 Å². The molecule has 3 aliphatic heterocycles. The first kappa shape index (κ1) is 22.6. The standard InChI is InChI=1S/C20H29BrN2O5S/c1-3-5-6-8-22(7-4-2)18(26)16-20-11-12(21)15(29-20)13(19(27)28)14(20)17(25)23(16)9-10-24/h4,12-16,24H,2-3,5-11H2,1H3,(H,27,28)/t12?,13-,14+,15-,16?,20?/m1/s1. The number of β-amino-alcohol motifs (C(OH)–C–C–N with tert-alkyl or cyclic N) is 1. The van der Waals surface area contributed by atoms with Crippen molar-refractivity contribution in [1.82, 2.24) is 9.80 Å². The van der Waals surface area contributed by atoms with Crippen molar-refractivity contribution in [2.75, 3.05) is 26.2 Å². The molecule has 29 heavy (non-hydrogen) atoms. The second-order valence-electron chi connectivity index (χ2n) is 8.04. The Morgan fingerprint density at radius 2 is 2.17 bits per heavy atom. The molecule has 0 aliphatic carbocycles. The first-order valence-corrected chi connectivity index (χ1v) is 12.0. The fourth-order valence-electron chi connectivity index (χ4n) is 5.21. The number of aliphatic hydroxyl groups excluding tert-OH is 1. The van der Waals surface area contributed by atoms with E-state index in [4.69, 9.17) is 0 Å². The molecule has 1 spiro atoms. The second kappa shape index (κ2) is 8.98. The van der Waals surface area contributed by atoms with E-state index in [1.165, 1.54) is 16.7 Å². The minimum atomic E-state index is -0.991. The Bertz CT molecular complexity index is 692. The lowest BCUT2D eigenvalue weighted by atomic mass is 9.71. The average molecular weight is 489 g/mol. The largest absolute Gasteiger partial charge is 0.481 e. The van der Waals surface area contributed by atoms with Gasteiger partial charge in [0.05, 0.1) is 23.2 Å². The molecule has 3 rings (SSSR count). The lowest BCUT2D eigenvalue weighted by molar-refractivity contribution is -0.148. The number of nitrogens with zero attached hydrogens (tertiary/aromatic N) is 2. The number of alkyl halides is 1. The highest BCUT2D eigenvalue weighted by molar-refractivity contribution is 9.09. The van der Waals surface area contributed by atoms with Crippen LogP contribution in [0.15, 0.2) is 12.7 Å². The number of aliphatic carboxylic acids is 1. The molecule has 3 aliphatic rings. The fourth-order valence-corrected chi connectivity index (χ4v) is 8.81. The molecule has 3 saturated heterocycles. The highest BCUT2D eigenvalue weighted by atomic mass is 79.9. The predicted octanol–water partition coefficient (Wildman–Crippen LogP) is 1.73. The van der Waals surface area contributed by atoms with Gasteiger partial charge in [0.1, 0.15) is 6.04 Å². The minimum absolute atomic E-state index is 0.0366. The van der Waals surface area contributed by atoms with Crippen LogP contribution in [0.5, 0.6) is 0 Å². The van der Waals surface area contributed by atoms with E-state index in [1.807, 2.05) is 0 Å². The number of unbranched alkanes of at least 4 members (excludes halogenated alkanes) is 2. The van der Waals surface area contributed by atoms with Crippen molar-refractivity contribution in [1.29, 1.82) is 0 Å². The van der Waals surface area contributed by atoms with Crippen molar-refractivity contribution in [3.63, 3.8) is 0 Å². The zero-order chi connectivity index (χ0) is 21.3. The summed E-state index contributed by atoms with van der Waals surface area (Å²) in [5.74, 6) is -3.02. The number of carboxylic acid groups (broad SMARTS) is 1. The lowest BCUT2D eigenvalue weighted by Gasteiger charge is -2.37. The van der Waals surface area contributed by atoms with Crippen molar-refractivity contribution < 1.29 is 24.6 Å². The summed E-state index contributed by atoms with van der Waals surface area (Å²) in [6, 6.07) is -0.756. The highest BCUT2D eigenvalue weighted by Crippen LogP contribution is 2.67. The smallest absolute Gasteiger partial charge is 0.308 e. The van der Waals surface area contributed by atoms with Gasteiger partial charge in [-0.3, -0.25) is 14.4 Å². The molecule has 0 aromatic carbocycles. The number of hydrogen-bond acceptors (Lipinski definition) is 5. The fraction of sp³-hybridized carbons (Fsp3) is 0.750. The number of halogens is 1. The zero-order valence-electron chi connectivity index (χ0n) is 16.6. The van der Waals surface area contributed by atoms with E-state index >= 15 is 0 Å². The summed E-state index contributed by atoms with van der Waals surface area (Å²) in [5.41, 5.74) is 0. The van der Waals surface area contributed by atoms with Crippen LogP contribution in [0.2, 0.25) is 0 Å². The van der Waals surface area contributed by atoms with Crippen LogP contribution in [-0.4, -0.2) is 84.9 Å². The number of rotatable bonds is 10. The number of carboxylic acids is 1. The number of carbonyl (C=O) groups is 3. The first-order chi connectivity index (χ1) is 13.8. The quantitative estimate of drug-likeness (QED) is 0.276. The van der Waals surface area contributed by atoms with Gasteiger partial charge >= 0.3 is 5.97 Å². The van der Waals surface area contributed by atoms with E-state index < -0.39 is 28.6 Å². The topological polar surface area (TPSA) is 98.2 Å². The van der Waals surface area contributed by atoms with E-state index in [0.29, 0.717) is 19.5 Å². The maximum Gasteiger partial charge on any atom is 0.308 e. The van der Waals surface area contributed by atoms with Crippen LogP contribution >= 0.6 is 27.7 Å². The molecule has 2 amide bonds. The Labute approximate surface area is 184 Å². The van der Waals surface area contributed by atoms with Crippen LogP contribution in [0.4, 0.5) is 0 Å². The van der Waals surface area contributed by atoms with Gasteiger partial charge < -0.3 is 20.0 Å². The number of aliphatic hydroxyl groups is 1. The Balaban J connectivity index is 1.98. The van der Waals surface area contributed by atoms with E-state index in [-0.39, 0.29) is 35.0 Å². The summed E-state index contributed by atoms with van der Waals surface area (Å²) in [6.07, 6.45) is 5.14. The van der Waals surface area contributed by atoms with Crippen LogP contribution in [-0.2, 0) is 14.4 Å². The van der Waals surface area contributed by atoms with Gasteiger partial charge in [-0.1, -0.05) is 41.8 Å². The van der Waals surface area contributed by atoms with Crippen LogP contribution in [0.25, 0.3) is 0 Å². The van der Waals surface area contributed by atoms with Gasteiger partial charge in [-0.05, 0) is 12.8 Å². The number of fused-ring (bicyclic) bond motifs is 1. The van der Waals surface area contributed by atoms with Crippen molar-refractivity contribution in [2.24, 2.45) is 11.8 Å². The second-order valence-corrected chi connectivity index (χ2v) is 10.8. The molecular formula is C20H29BrN2O5S. The maximum absolute atomic E-state index is 13.7. The Morgan fingerprint density at radius 3 is 2.76 bits per heavy atom. The lowest BCUT2D eigenvalue weighted by Crippen LogP contribution is -2.55. The van der Waals surface area contributed by atoms with Crippen molar-refractivity contribution in [2.45, 2.75) is 53.5 Å². The molecule has 7 nitrogen and oxygen atoms in total. The number of thioether (sulfide) groups is 1. The summed E-state index contributed by atoms with van der Waals surface area (Å²) < 4.78 is -0.768. The summed E-state index contributed by atoms with van der Waals surface area (Å²) in [5, 5.41) is 19.1. The first-order valence-electron chi connectivity index (χ1n) is 10.2.